The van der Waals surface area contributed by atoms with Crippen molar-refractivity contribution in [1.29, 1.82) is 0 Å². The van der Waals surface area contributed by atoms with Crippen molar-refractivity contribution in [2.24, 2.45) is 5.14 Å². The molecular weight excluding hydrogens is 244 g/mol. The minimum absolute atomic E-state index is 0.325. The summed E-state index contributed by atoms with van der Waals surface area (Å²) in [6.07, 6.45) is 1.49. The summed E-state index contributed by atoms with van der Waals surface area (Å²) >= 11 is 0. The van der Waals surface area contributed by atoms with E-state index in [-0.39, 0.29) is 5.75 Å². The van der Waals surface area contributed by atoms with Gasteiger partial charge in [-0.05, 0) is 20.3 Å². The van der Waals surface area contributed by atoms with E-state index in [2.05, 4.69) is 0 Å². The molecule has 1 amide bonds. The van der Waals surface area contributed by atoms with Gasteiger partial charge in [0.1, 0.15) is 0 Å². The second-order valence-corrected chi connectivity index (χ2v) is 6.38. The lowest BCUT2D eigenvalue weighted by molar-refractivity contribution is 0.100. The molecule has 6 nitrogen and oxygen atoms in total. The van der Waals surface area contributed by atoms with Gasteiger partial charge in [-0.3, -0.25) is 0 Å². The predicted molar refractivity (Wildman–Crippen MR) is 66.3 cm³/mol. The van der Waals surface area contributed by atoms with Crippen LogP contribution < -0.4 is 5.14 Å². The van der Waals surface area contributed by atoms with Gasteiger partial charge in [0.15, 0.2) is 0 Å². The Morgan fingerprint density at radius 3 is 2.24 bits per heavy atom. The molecule has 0 fully saturated rings. The minimum atomic E-state index is -3.70. The van der Waals surface area contributed by atoms with E-state index in [4.69, 9.17) is 10.2 Å². The molecular formula is C10H22N2O4S. The zero-order valence-corrected chi connectivity index (χ0v) is 11.5. The zero-order valence-electron chi connectivity index (χ0n) is 10.6. The van der Waals surface area contributed by atoms with Crippen LogP contribution in [0.15, 0.2) is 0 Å². The van der Waals surface area contributed by atoms with Crippen molar-refractivity contribution in [1.82, 2.24) is 4.90 Å². The first kappa shape index (κ1) is 16.2. The van der Waals surface area contributed by atoms with E-state index in [1.165, 1.54) is 0 Å². The zero-order chi connectivity index (χ0) is 13.7. The largest absolute Gasteiger partial charge is 0.465 e. The van der Waals surface area contributed by atoms with Crippen molar-refractivity contribution in [2.45, 2.75) is 45.6 Å². The highest BCUT2D eigenvalue weighted by atomic mass is 32.2. The lowest BCUT2D eigenvalue weighted by Gasteiger charge is -2.35. The summed E-state index contributed by atoms with van der Waals surface area (Å²) in [4.78, 5) is 12.3. The second-order valence-electron chi connectivity index (χ2n) is 4.76. The van der Waals surface area contributed by atoms with Crippen LogP contribution in [0.1, 0.15) is 40.0 Å². The quantitative estimate of drug-likeness (QED) is 0.676. The Morgan fingerprint density at radius 2 is 1.88 bits per heavy atom. The van der Waals surface area contributed by atoms with Gasteiger partial charge in [-0.15, -0.1) is 0 Å². The summed E-state index contributed by atoms with van der Waals surface area (Å²) in [6, 6.07) is 0. The summed E-state index contributed by atoms with van der Waals surface area (Å²) in [5.74, 6) is -0.377. The molecule has 17 heavy (non-hydrogen) atoms. The van der Waals surface area contributed by atoms with Gasteiger partial charge in [0, 0.05) is 6.54 Å². The molecule has 0 rings (SSSR count). The first-order valence-corrected chi connectivity index (χ1v) is 7.32. The number of nitrogens with zero attached hydrogens (tertiary/aromatic N) is 1. The molecule has 102 valence electrons. The molecule has 0 aromatic carbocycles. The molecule has 0 radical (unpaired) electrons. The Balaban J connectivity index is 4.73. The van der Waals surface area contributed by atoms with Crippen LogP contribution in [0.25, 0.3) is 0 Å². The molecule has 0 saturated heterocycles. The minimum Gasteiger partial charge on any atom is -0.465 e. The Morgan fingerprint density at radius 1 is 1.35 bits per heavy atom. The lowest BCUT2D eigenvalue weighted by Crippen LogP contribution is -2.52. The van der Waals surface area contributed by atoms with Crippen LogP contribution >= 0.6 is 0 Å². The van der Waals surface area contributed by atoms with E-state index in [0.717, 1.165) is 24.2 Å². The molecule has 0 bridgehead atoms. The molecule has 0 aromatic heterocycles. The molecule has 0 aliphatic carbocycles. The van der Waals surface area contributed by atoms with Crippen LogP contribution in [0.2, 0.25) is 0 Å². The molecule has 0 atom stereocenters. The van der Waals surface area contributed by atoms with Crippen LogP contribution in [0.3, 0.4) is 0 Å². The Bertz CT molecular complexity index is 351. The third-order valence-corrected chi connectivity index (χ3v) is 3.61. The van der Waals surface area contributed by atoms with Crippen LogP contribution in [0.4, 0.5) is 4.79 Å². The van der Waals surface area contributed by atoms with Gasteiger partial charge in [-0.2, -0.15) is 0 Å². The number of hydrogen-bond acceptors (Lipinski definition) is 3. The Kier molecular flexibility index (Phi) is 5.91. The second kappa shape index (κ2) is 6.20. The van der Waals surface area contributed by atoms with E-state index in [1.807, 2.05) is 6.92 Å². The monoisotopic (exact) mass is 266 g/mol. The number of carboxylic acid groups (broad SMARTS) is 1. The topological polar surface area (TPSA) is 101 Å². The Labute approximate surface area is 103 Å². The number of primary sulfonamides is 1. The van der Waals surface area contributed by atoms with Crippen molar-refractivity contribution >= 4 is 16.1 Å². The number of unbranched alkanes of at least 4 members (excludes halogenated alkanes) is 2. The van der Waals surface area contributed by atoms with Crippen LogP contribution in [0.5, 0.6) is 0 Å². The standard InChI is InChI=1S/C10H22N2O4S/c1-4-5-6-7-12(9(13)14)10(2,3)8-17(11,15)16/h4-8H2,1-3H3,(H,13,14)(H2,11,15,16). The molecule has 0 spiro atoms. The van der Waals surface area contributed by atoms with E-state index in [9.17, 15) is 13.2 Å². The number of rotatable bonds is 7. The molecule has 0 aliphatic rings. The van der Waals surface area contributed by atoms with E-state index >= 15 is 0 Å². The van der Waals surface area contributed by atoms with Gasteiger partial charge < -0.3 is 10.0 Å². The van der Waals surface area contributed by atoms with Gasteiger partial charge in [0.25, 0.3) is 0 Å². The smallest absolute Gasteiger partial charge is 0.407 e. The summed E-state index contributed by atoms with van der Waals surface area (Å²) in [5.41, 5.74) is -1.01. The van der Waals surface area contributed by atoms with Gasteiger partial charge in [0.05, 0.1) is 11.3 Å². The highest BCUT2D eigenvalue weighted by molar-refractivity contribution is 7.89. The van der Waals surface area contributed by atoms with Gasteiger partial charge in [-0.1, -0.05) is 19.8 Å². The van der Waals surface area contributed by atoms with Crippen LogP contribution in [-0.2, 0) is 10.0 Å². The van der Waals surface area contributed by atoms with Gasteiger partial charge >= 0.3 is 6.09 Å². The predicted octanol–water partition coefficient (Wildman–Crippen LogP) is 1.22. The molecule has 7 heteroatoms. The molecule has 0 aliphatic heterocycles. The average molecular weight is 266 g/mol. The van der Waals surface area contributed by atoms with E-state index in [1.54, 1.807) is 13.8 Å². The number of hydrogen-bond donors (Lipinski definition) is 2. The normalized spacial score (nSPS) is 12.5. The fourth-order valence-corrected chi connectivity index (χ4v) is 2.89. The third kappa shape index (κ3) is 6.48. The molecule has 0 unspecified atom stereocenters. The molecule has 0 saturated carbocycles. The summed E-state index contributed by atoms with van der Waals surface area (Å²) in [7, 11) is -3.70. The fourth-order valence-electron chi connectivity index (χ4n) is 1.75. The lowest BCUT2D eigenvalue weighted by atomic mass is 10.1. The van der Waals surface area contributed by atoms with Crippen LogP contribution in [0, 0.1) is 0 Å². The first-order chi connectivity index (χ1) is 7.60. The number of sulfonamides is 1. The summed E-state index contributed by atoms with van der Waals surface area (Å²) in [5, 5.41) is 14.1. The molecule has 0 aromatic rings. The van der Waals surface area contributed by atoms with Crippen LogP contribution in [-0.4, -0.2) is 42.4 Å². The maximum atomic E-state index is 11.1. The van der Waals surface area contributed by atoms with Crippen molar-refractivity contribution in [3.05, 3.63) is 0 Å². The third-order valence-electron chi connectivity index (χ3n) is 2.50. The maximum Gasteiger partial charge on any atom is 0.407 e. The fraction of sp³-hybridized carbons (Fsp3) is 0.900. The van der Waals surface area contributed by atoms with Crippen molar-refractivity contribution in [3.63, 3.8) is 0 Å². The molecule has 3 N–H and O–H groups in total. The van der Waals surface area contributed by atoms with Gasteiger partial charge in [0.2, 0.25) is 10.0 Å². The highest BCUT2D eigenvalue weighted by Crippen LogP contribution is 2.17. The average Bonchev–Trinajstić information content (AvgIpc) is 2.07. The van der Waals surface area contributed by atoms with E-state index in [0.29, 0.717) is 6.54 Å². The SMILES string of the molecule is CCCCCN(C(=O)O)C(C)(C)CS(N)(=O)=O. The van der Waals surface area contributed by atoms with Crippen molar-refractivity contribution < 1.29 is 18.3 Å². The summed E-state index contributed by atoms with van der Waals surface area (Å²) < 4.78 is 22.1. The van der Waals surface area contributed by atoms with Crippen molar-refractivity contribution in [2.75, 3.05) is 12.3 Å². The number of amides is 1. The number of nitrogens with two attached hydrogens (primary N) is 1. The number of carbonyl (C=O) groups is 1. The first-order valence-electron chi connectivity index (χ1n) is 5.61. The summed E-state index contributed by atoms with van der Waals surface area (Å²) in [6.45, 7) is 5.47. The van der Waals surface area contributed by atoms with Gasteiger partial charge in [-0.25, -0.2) is 18.4 Å². The maximum absolute atomic E-state index is 11.1. The van der Waals surface area contributed by atoms with Crippen molar-refractivity contribution in [3.8, 4) is 0 Å². The van der Waals surface area contributed by atoms with E-state index < -0.39 is 21.7 Å². The highest BCUT2D eigenvalue weighted by Gasteiger charge is 2.33. The Hall–Kier alpha value is -0.820. The molecule has 0 heterocycles.